The first-order chi connectivity index (χ1) is 11.6. The van der Waals surface area contributed by atoms with Gasteiger partial charge in [-0.25, -0.2) is 0 Å². The molecule has 0 aliphatic heterocycles. The number of carbonyl (C=O) groups excluding carboxylic acids is 1. The molecule has 2 N–H and O–H groups in total. The van der Waals surface area contributed by atoms with Crippen molar-refractivity contribution in [2.75, 3.05) is 5.32 Å². The molecular weight excluding hydrogens is 324 g/mol. The van der Waals surface area contributed by atoms with Crippen LogP contribution >= 0.6 is 11.3 Å². The van der Waals surface area contributed by atoms with Crippen molar-refractivity contribution in [1.29, 1.82) is 5.26 Å². The zero-order valence-electron chi connectivity index (χ0n) is 13.1. The molecule has 1 aromatic rings. The second-order valence-electron chi connectivity index (χ2n) is 6.85. The average molecular weight is 342 g/mol. The molecule has 6 heteroatoms. The molecule has 1 saturated carbocycles. The standard InChI is InChI=1S/C18H18N2O3S/c19-8-12-11-3-1-2-4-13(11)24-17(12)20-16(21)14-9-5-6-10(7-9)15(14)18(22)23/h5-6,9-10,14-15H,1-4,7H2,(H,20,21)(H,22,23)/t9-,10-,14+,15-/m0/s1. The highest BCUT2D eigenvalue weighted by atomic mass is 32.1. The van der Waals surface area contributed by atoms with Gasteiger partial charge in [-0.3, -0.25) is 9.59 Å². The highest BCUT2D eigenvalue weighted by Crippen LogP contribution is 2.49. The Morgan fingerprint density at radius 1 is 1.21 bits per heavy atom. The van der Waals surface area contributed by atoms with Crippen molar-refractivity contribution >= 4 is 28.2 Å². The monoisotopic (exact) mass is 342 g/mol. The van der Waals surface area contributed by atoms with Crippen molar-refractivity contribution in [3.63, 3.8) is 0 Å². The van der Waals surface area contributed by atoms with Crippen LogP contribution in [0.3, 0.4) is 0 Å². The van der Waals surface area contributed by atoms with E-state index in [2.05, 4.69) is 11.4 Å². The molecule has 0 unspecified atom stereocenters. The topological polar surface area (TPSA) is 90.2 Å². The van der Waals surface area contributed by atoms with E-state index in [4.69, 9.17) is 0 Å². The molecule has 124 valence electrons. The normalized spacial score (nSPS) is 30.0. The van der Waals surface area contributed by atoms with Gasteiger partial charge in [-0.15, -0.1) is 11.3 Å². The number of nitriles is 1. The molecule has 24 heavy (non-hydrogen) atoms. The second-order valence-corrected chi connectivity index (χ2v) is 7.96. The van der Waals surface area contributed by atoms with Gasteiger partial charge < -0.3 is 10.4 Å². The maximum Gasteiger partial charge on any atom is 0.307 e. The average Bonchev–Trinajstić information content (AvgIpc) is 3.26. The van der Waals surface area contributed by atoms with E-state index >= 15 is 0 Å². The lowest BCUT2D eigenvalue weighted by molar-refractivity contribution is -0.146. The van der Waals surface area contributed by atoms with Gasteiger partial charge in [0.25, 0.3) is 0 Å². The highest BCUT2D eigenvalue weighted by molar-refractivity contribution is 7.16. The van der Waals surface area contributed by atoms with Crippen molar-refractivity contribution in [3.8, 4) is 6.07 Å². The van der Waals surface area contributed by atoms with Gasteiger partial charge in [0.1, 0.15) is 11.1 Å². The van der Waals surface area contributed by atoms with Crippen LogP contribution in [0.4, 0.5) is 5.00 Å². The Balaban J connectivity index is 1.61. The lowest BCUT2D eigenvalue weighted by Gasteiger charge is -2.23. The van der Waals surface area contributed by atoms with Crippen LogP contribution < -0.4 is 5.32 Å². The predicted molar refractivity (Wildman–Crippen MR) is 89.7 cm³/mol. The molecule has 0 aromatic carbocycles. The number of hydrogen-bond acceptors (Lipinski definition) is 4. The van der Waals surface area contributed by atoms with E-state index in [-0.39, 0.29) is 17.7 Å². The summed E-state index contributed by atoms with van der Waals surface area (Å²) >= 11 is 1.48. The van der Waals surface area contributed by atoms with Gasteiger partial charge in [0.05, 0.1) is 17.4 Å². The van der Waals surface area contributed by atoms with Crippen molar-refractivity contribution in [2.24, 2.45) is 23.7 Å². The van der Waals surface area contributed by atoms with E-state index in [1.165, 1.54) is 16.2 Å². The van der Waals surface area contributed by atoms with Crippen LogP contribution in [0.5, 0.6) is 0 Å². The summed E-state index contributed by atoms with van der Waals surface area (Å²) in [5, 5.41) is 22.5. The number of aliphatic carboxylic acids is 1. The van der Waals surface area contributed by atoms with E-state index < -0.39 is 17.8 Å². The van der Waals surface area contributed by atoms with Crippen LogP contribution in [0.2, 0.25) is 0 Å². The molecule has 5 nitrogen and oxygen atoms in total. The lowest BCUT2D eigenvalue weighted by atomic mass is 9.82. The van der Waals surface area contributed by atoms with Gasteiger partial charge in [0.2, 0.25) is 5.91 Å². The van der Waals surface area contributed by atoms with E-state index in [0.29, 0.717) is 10.6 Å². The summed E-state index contributed by atoms with van der Waals surface area (Å²) < 4.78 is 0. The minimum Gasteiger partial charge on any atom is -0.481 e. The quantitative estimate of drug-likeness (QED) is 0.826. The number of anilines is 1. The third kappa shape index (κ3) is 2.27. The smallest absolute Gasteiger partial charge is 0.307 e. The highest BCUT2D eigenvalue weighted by Gasteiger charge is 2.51. The summed E-state index contributed by atoms with van der Waals surface area (Å²) in [6, 6.07) is 2.23. The zero-order chi connectivity index (χ0) is 16.8. The minimum absolute atomic E-state index is 0.00350. The van der Waals surface area contributed by atoms with Crippen molar-refractivity contribution in [1.82, 2.24) is 0 Å². The molecule has 3 aliphatic carbocycles. The number of fused-ring (bicyclic) bond motifs is 3. The number of allylic oxidation sites excluding steroid dienone is 2. The number of thiophene rings is 1. The van der Waals surface area contributed by atoms with Gasteiger partial charge >= 0.3 is 5.97 Å². The molecule has 1 heterocycles. The molecule has 4 rings (SSSR count). The van der Waals surface area contributed by atoms with Crippen molar-refractivity contribution in [2.45, 2.75) is 32.1 Å². The molecule has 0 spiro atoms. The molecule has 1 amide bonds. The predicted octanol–water partition coefficient (Wildman–Crippen LogP) is 2.96. The summed E-state index contributed by atoms with van der Waals surface area (Å²) in [6.45, 7) is 0. The molecule has 4 atom stereocenters. The fourth-order valence-electron chi connectivity index (χ4n) is 4.48. The Morgan fingerprint density at radius 3 is 2.62 bits per heavy atom. The number of amides is 1. The van der Waals surface area contributed by atoms with Crippen LogP contribution in [0.15, 0.2) is 12.2 Å². The number of carboxylic acids is 1. The largest absolute Gasteiger partial charge is 0.481 e. The van der Waals surface area contributed by atoms with E-state index in [9.17, 15) is 20.0 Å². The summed E-state index contributed by atoms with van der Waals surface area (Å²) in [7, 11) is 0. The molecule has 1 fully saturated rings. The Bertz CT molecular complexity index is 789. The fraction of sp³-hybridized carbons (Fsp3) is 0.500. The zero-order valence-corrected chi connectivity index (χ0v) is 13.9. The van der Waals surface area contributed by atoms with E-state index in [0.717, 1.165) is 37.7 Å². The summed E-state index contributed by atoms with van der Waals surface area (Å²) in [6.07, 6.45) is 8.67. The maximum absolute atomic E-state index is 12.8. The molecule has 2 bridgehead atoms. The summed E-state index contributed by atoms with van der Waals surface area (Å²) in [4.78, 5) is 25.6. The van der Waals surface area contributed by atoms with Crippen LogP contribution in [-0.4, -0.2) is 17.0 Å². The summed E-state index contributed by atoms with van der Waals surface area (Å²) in [5.74, 6) is -2.40. The number of aryl methyl sites for hydroxylation is 1. The van der Waals surface area contributed by atoms with Gasteiger partial charge in [-0.05, 0) is 49.5 Å². The first-order valence-electron chi connectivity index (χ1n) is 8.36. The molecule has 3 aliphatic rings. The Hall–Kier alpha value is -2.13. The van der Waals surface area contributed by atoms with Gasteiger partial charge in [-0.2, -0.15) is 5.26 Å². The van der Waals surface area contributed by atoms with Crippen LogP contribution in [0.1, 0.15) is 35.3 Å². The molecule has 1 aromatic heterocycles. The van der Waals surface area contributed by atoms with Gasteiger partial charge in [-0.1, -0.05) is 12.2 Å². The van der Waals surface area contributed by atoms with Crippen LogP contribution in [0.25, 0.3) is 0 Å². The van der Waals surface area contributed by atoms with E-state index in [1.807, 2.05) is 12.2 Å². The number of hydrogen-bond donors (Lipinski definition) is 2. The molecular formula is C18H18N2O3S. The SMILES string of the molecule is N#Cc1c(NC(=O)[C@H]2[C@@H](C(=O)O)[C@H]3C=C[C@H]2C3)sc2c1CCCC2. The summed E-state index contributed by atoms with van der Waals surface area (Å²) in [5.41, 5.74) is 1.65. The van der Waals surface area contributed by atoms with Crippen LogP contribution in [0, 0.1) is 35.0 Å². The Morgan fingerprint density at radius 2 is 1.92 bits per heavy atom. The third-order valence-electron chi connectivity index (χ3n) is 5.57. The minimum atomic E-state index is -0.905. The Kier molecular flexibility index (Phi) is 3.69. The number of carbonyl (C=O) groups is 2. The Labute approximate surface area is 144 Å². The van der Waals surface area contributed by atoms with Crippen molar-refractivity contribution in [3.05, 3.63) is 28.2 Å². The first kappa shape index (κ1) is 15.4. The van der Waals surface area contributed by atoms with Gasteiger partial charge in [0.15, 0.2) is 0 Å². The maximum atomic E-state index is 12.8. The fourth-order valence-corrected chi connectivity index (χ4v) is 5.73. The van der Waals surface area contributed by atoms with Gasteiger partial charge in [0, 0.05) is 4.88 Å². The number of nitrogens with zero attached hydrogens (tertiary/aromatic N) is 1. The molecule has 0 saturated heterocycles. The van der Waals surface area contributed by atoms with E-state index in [1.54, 1.807) is 0 Å². The van der Waals surface area contributed by atoms with Crippen molar-refractivity contribution < 1.29 is 14.7 Å². The molecule has 0 radical (unpaired) electrons. The number of carboxylic acid groups (broad SMARTS) is 1. The number of rotatable bonds is 3. The lowest BCUT2D eigenvalue weighted by Crippen LogP contribution is -2.36. The number of nitrogens with one attached hydrogen (secondary N) is 1. The van der Waals surface area contributed by atoms with Crippen LogP contribution in [-0.2, 0) is 22.4 Å². The second kappa shape index (κ2) is 5.75. The first-order valence-corrected chi connectivity index (χ1v) is 9.18. The third-order valence-corrected chi connectivity index (χ3v) is 6.77.